The number of piperazine rings is 1. The van der Waals surface area contributed by atoms with Crippen LogP contribution in [0.2, 0.25) is 0 Å². The van der Waals surface area contributed by atoms with E-state index in [0.29, 0.717) is 24.2 Å². The molecular formula is C30H30N2O4. The molecule has 0 aromatic heterocycles. The molecule has 4 atom stereocenters. The number of esters is 2. The Labute approximate surface area is 211 Å². The zero-order valence-corrected chi connectivity index (χ0v) is 20.5. The molecule has 2 aromatic carbocycles. The molecule has 0 saturated carbocycles. The van der Waals surface area contributed by atoms with Crippen molar-refractivity contribution in [2.75, 3.05) is 14.2 Å². The van der Waals surface area contributed by atoms with E-state index >= 15 is 0 Å². The largest absolute Gasteiger partial charge is 0.466 e. The highest BCUT2D eigenvalue weighted by Gasteiger charge is 2.51. The van der Waals surface area contributed by atoms with Crippen molar-refractivity contribution in [3.8, 4) is 0 Å². The number of fused-ring (bicyclic) bond motifs is 6. The first-order valence-corrected chi connectivity index (χ1v) is 12.1. The lowest BCUT2D eigenvalue weighted by atomic mass is 9.84. The van der Waals surface area contributed by atoms with Gasteiger partial charge in [0.05, 0.1) is 37.4 Å². The first-order valence-electron chi connectivity index (χ1n) is 12.1. The van der Waals surface area contributed by atoms with Gasteiger partial charge in [-0.1, -0.05) is 97.1 Å². The van der Waals surface area contributed by atoms with Crippen LogP contribution in [0.3, 0.4) is 0 Å². The zero-order valence-electron chi connectivity index (χ0n) is 20.5. The quantitative estimate of drug-likeness (QED) is 0.584. The Hall–Kier alpha value is -3.74. The topological polar surface area (TPSA) is 59.1 Å². The predicted molar refractivity (Wildman–Crippen MR) is 138 cm³/mol. The van der Waals surface area contributed by atoms with Gasteiger partial charge >= 0.3 is 11.9 Å². The molecule has 1 saturated heterocycles. The highest BCUT2D eigenvalue weighted by atomic mass is 16.5. The number of hydrogen-bond acceptors (Lipinski definition) is 6. The van der Waals surface area contributed by atoms with E-state index in [1.165, 1.54) is 14.2 Å². The van der Waals surface area contributed by atoms with Crippen molar-refractivity contribution < 1.29 is 19.1 Å². The lowest BCUT2D eigenvalue weighted by Crippen LogP contribution is -2.68. The molecule has 6 nitrogen and oxygen atoms in total. The molecule has 1 fully saturated rings. The zero-order chi connectivity index (χ0) is 25.1. The van der Waals surface area contributed by atoms with Gasteiger partial charge in [-0.3, -0.25) is 9.80 Å². The third kappa shape index (κ3) is 4.45. The molecule has 0 spiro atoms. The molecule has 6 heteroatoms. The number of nitrogens with zero attached hydrogens (tertiary/aromatic N) is 2. The first-order chi connectivity index (χ1) is 17.6. The Morgan fingerprint density at radius 2 is 1.06 bits per heavy atom. The van der Waals surface area contributed by atoms with Gasteiger partial charge in [0.1, 0.15) is 0 Å². The van der Waals surface area contributed by atoms with E-state index < -0.39 is 0 Å². The van der Waals surface area contributed by atoms with Gasteiger partial charge in [0.15, 0.2) is 0 Å². The number of hydrogen-bond donors (Lipinski definition) is 0. The molecule has 3 aliphatic rings. The molecule has 184 valence electrons. The second-order valence-electron chi connectivity index (χ2n) is 9.18. The monoisotopic (exact) mass is 482 g/mol. The van der Waals surface area contributed by atoms with Crippen molar-refractivity contribution in [1.82, 2.24) is 9.80 Å². The van der Waals surface area contributed by atoms with Gasteiger partial charge in [0.2, 0.25) is 0 Å². The molecule has 3 heterocycles. The average Bonchev–Trinajstić information content (AvgIpc) is 3.14. The van der Waals surface area contributed by atoms with E-state index in [2.05, 4.69) is 46.2 Å². The molecule has 0 radical (unpaired) electrons. The molecule has 0 unspecified atom stereocenters. The van der Waals surface area contributed by atoms with Crippen LogP contribution in [0.25, 0.3) is 0 Å². The summed E-state index contributed by atoms with van der Waals surface area (Å²) < 4.78 is 10.5. The molecule has 36 heavy (non-hydrogen) atoms. The fourth-order valence-electron chi connectivity index (χ4n) is 5.64. The van der Waals surface area contributed by atoms with Crippen molar-refractivity contribution in [2.45, 2.75) is 37.3 Å². The first kappa shape index (κ1) is 24.0. The minimum absolute atomic E-state index is 0.182. The third-order valence-corrected chi connectivity index (χ3v) is 7.19. The van der Waals surface area contributed by atoms with Gasteiger partial charge in [-0.05, 0) is 11.1 Å². The predicted octanol–water partition coefficient (Wildman–Crippen LogP) is 3.82. The number of allylic oxidation sites excluding steroid dienone is 4. The number of benzene rings is 2. The van der Waals surface area contributed by atoms with Crippen LogP contribution < -0.4 is 0 Å². The molecule has 0 aliphatic carbocycles. The number of rotatable bonds is 6. The van der Waals surface area contributed by atoms with Crippen molar-refractivity contribution in [3.63, 3.8) is 0 Å². The van der Waals surface area contributed by atoms with Crippen LogP contribution in [-0.4, -0.2) is 60.1 Å². The second-order valence-corrected chi connectivity index (χ2v) is 9.18. The van der Waals surface area contributed by atoms with Crippen LogP contribution in [-0.2, 0) is 32.2 Å². The second kappa shape index (κ2) is 10.5. The van der Waals surface area contributed by atoms with Gasteiger partial charge in [-0.15, -0.1) is 0 Å². The summed E-state index contributed by atoms with van der Waals surface area (Å²) in [4.78, 5) is 30.8. The fraction of sp³-hybridized carbons (Fsp3) is 0.267. The lowest BCUT2D eigenvalue weighted by molar-refractivity contribution is -0.140. The van der Waals surface area contributed by atoms with Crippen LogP contribution in [0.1, 0.15) is 11.1 Å². The van der Waals surface area contributed by atoms with Gasteiger partial charge < -0.3 is 9.47 Å². The Balaban J connectivity index is 1.67. The van der Waals surface area contributed by atoms with Crippen molar-refractivity contribution in [2.24, 2.45) is 0 Å². The number of ether oxygens (including phenoxy) is 2. The smallest absolute Gasteiger partial charge is 0.335 e. The van der Waals surface area contributed by atoms with Crippen LogP contribution in [0.4, 0.5) is 0 Å². The Kier molecular flexibility index (Phi) is 6.98. The third-order valence-electron chi connectivity index (χ3n) is 7.19. The fourth-order valence-corrected chi connectivity index (χ4v) is 5.64. The van der Waals surface area contributed by atoms with E-state index in [9.17, 15) is 9.59 Å². The summed E-state index contributed by atoms with van der Waals surface area (Å²) in [6, 6.07) is 19.5. The van der Waals surface area contributed by atoms with Gasteiger partial charge in [-0.25, -0.2) is 9.59 Å². The molecule has 3 aliphatic heterocycles. The Morgan fingerprint density at radius 3 is 1.42 bits per heavy atom. The highest BCUT2D eigenvalue weighted by Crippen LogP contribution is 2.40. The van der Waals surface area contributed by atoms with E-state index in [1.807, 2.05) is 60.7 Å². The number of carbonyl (C=O) groups is 2. The van der Waals surface area contributed by atoms with E-state index in [4.69, 9.17) is 9.47 Å². The van der Waals surface area contributed by atoms with E-state index in [-0.39, 0.29) is 36.1 Å². The summed E-state index contributed by atoms with van der Waals surface area (Å²) in [7, 11) is 2.84. The van der Waals surface area contributed by atoms with Gasteiger partial charge in [-0.2, -0.15) is 0 Å². The maximum absolute atomic E-state index is 13.1. The normalized spacial score (nSPS) is 25.3. The maximum Gasteiger partial charge on any atom is 0.335 e. The summed E-state index contributed by atoms with van der Waals surface area (Å²) in [6.07, 6.45) is 11.7. The van der Waals surface area contributed by atoms with Crippen LogP contribution in [0.15, 0.2) is 108 Å². The van der Waals surface area contributed by atoms with Crippen LogP contribution in [0.5, 0.6) is 0 Å². The molecule has 5 rings (SSSR count). The van der Waals surface area contributed by atoms with Crippen molar-refractivity contribution in [1.29, 1.82) is 0 Å². The minimum atomic E-state index is -0.347. The van der Waals surface area contributed by atoms with Gasteiger partial charge in [0.25, 0.3) is 0 Å². The van der Waals surface area contributed by atoms with E-state index in [0.717, 1.165) is 11.1 Å². The van der Waals surface area contributed by atoms with Crippen molar-refractivity contribution in [3.05, 3.63) is 119 Å². The molecular weight excluding hydrogens is 452 g/mol. The van der Waals surface area contributed by atoms with Crippen LogP contribution >= 0.6 is 0 Å². The van der Waals surface area contributed by atoms with Crippen molar-refractivity contribution >= 4 is 11.9 Å². The summed E-state index contributed by atoms with van der Waals surface area (Å²) >= 11 is 0. The van der Waals surface area contributed by atoms with Gasteiger partial charge in [0, 0.05) is 25.2 Å². The number of methoxy groups -OCH3 is 2. The standard InChI is InChI=1S/C30H30N2O4/c1-35-29(33)23-15-9-17-26-28-24(30(34)36-2)16-10-18-25(32(28)20-22-13-7-4-8-14-22)27(23)31(26)19-21-11-5-3-6-12-21/h3-18,25-28H,19-20H2,1-2H3/t25-,26+,27-,28+. The minimum Gasteiger partial charge on any atom is -0.466 e. The summed E-state index contributed by atoms with van der Waals surface area (Å²) in [5.41, 5.74) is 3.46. The maximum atomic E-state index is 13.1. The lowest BCUT2D eigenvalue weighted by Gasteiger charge is -2.54. The summed E-state index contributed by atoms with van der Waals surface area (Å²) in [5, 5.41) is 0. The Morgan fingerprint density at radius 1 is 0.667 bits per heavy atom. The molecule has 2 aromatic rings. The molecule has 0 amide bonds. The Bertz CT molecular complexity index is 1130. The SMILES string of the molecule is COC(=O)C1=CC=C[C@H]2[C@@H]3C(C(=O)OC)=CC=C[C@H]([C@@H]1N2Cc1ccccc1)N3Cc1ccccc1. The summed E-state index contributed by atoms with van der Waals surface area (Å²) in [6.45, 7) is 1.23. The summed E-state index contributed by atoms with van der Waals surface area (Å²) in [5.74, 6) is -0.694. The van der Waals surface area contributed by atoms with E-state index in [1.54, 1.807) is 0 Å². The molecule has 0 N–H and O–H groups in total. The number of carbonyl (C=O) groups excluding carboxylic acids is 2. The average molecular weight is 483 g/mol. The molecule has 4 bridgehead atoms. The highest BCUT2D eigenvalue weighted by molar-refractivity contribution is 5.92. The van der Waals surface area contributed by atoms with Crippen LogP contribution in [0, 0.1) is 0 Å².